The van der Waals surface area contributed by atoms with Gasteiger partial charge in [-0.15, -0.1) is 0 Å². The van der Waals surface area contributed by atoms with Gasteiger partial charge in [-0.2, -0.15) is 0 Å². The van der Waals surface area contributed by atoms with E-state index in [4.69, 9.17) is 23.7 Å². The van der Waals surface area contributed by atoms with Crippen molar-refractivity contribution in [2.45, 2.75) is 180 Å². The molecule has 14 heteroatoms. The summed E-state index contributed by atoms with van der Waals surface area (Å²) in [6.45, 7) is 12.7. The van der Waals surface area contributed by atoms with Crippen molar-refractivity contribution >= 4 is 29.2 Å². The summed E-state index contributed by atoms with van der Waals surface area (Å²) in [5, 5.41) is 33.8. The predicted octanol–water partition coefficient (Wildman–Crippen LogP) is 6.18. The third-order valence-electron chi connectivity index (χ3n) is 14.5. The van der Waals surface area contributed by atoms with Crippen LogP contribution < -0.4 is 0 Å². The molecule has 14 nitrogen and oxygen atoms in total. The summed E-state index contributed by atoms with van der Waals surface area (Å²) >= 11 is 0. The highest BCUT2D eigenvalue weighted by molar-refractivity contribution is 6.39. The number of ether oxygens (including phenoxy) is 5. The van der Waals surface area contributed by atoms with E-state index in [0.29, 0.717) is 63.4 Å². The second kappa shape index (κ2) is 25.1. The number of hydrogen-bond acceptors (Lipinski definition) is 13. The van der Waals surface area contributed by atoms with Gasteiger partial charge < -0.3 is 43.9 Å². The molecular weight excluding hydrogens is 835 g/mol. The number of Topliss-reactive ketones (excluding diaryl/α,β-unsaturated/α-hetero) is 3. The predicted molar refractivity (Wildman–Crippen MR) is 245 cm³/mol. The molecule has 1 saturated carbocycles. The van der Waals surface area contributed by atoms with Crippen molar-refractivity contribution in [3.63, 3.8) is 0 Å². The number of aliphatic hydroxyl groups is 3. The molecule has 0 radical (unpaired) electrons. The minimum Gasteiger partial charge on any atom is -0.460 e. The number of piperidine rings is 1. The number of cyclic esters (lactones) is 1. The molecule has 3 aliphatic heterocycles. The van der Waals surface area contributed by atoms with Crippen LogP contribution in [0.5, 0.6) is 0 Å². The number of methoxy groups -OCH3 is 3. The molecule has 65 heavy (non-hydrogen) atoms. The Labute approximate surface area is 387 Å². The maximum atomic E-state index is 14.4. The summed E-state index contributed by atoms with van der Waals surface area (Å²) in [6, 6.07) is -1.14. The van der Waals surface area contributed by atoms with Crippen molar-refractivity contribution in [2.24, 2.45) is 35.5 Å². The smallest absolute Gasteiger partial charge is 0.329 e. The number of ketones is 3. The summed E-state index contributed by atoms with van der Waals surface area (Å²) in [7, 11) is 4.52. The molecule has 3 N–H and O–H groups in total. The zero-order valence-corrected chi connectivity index (χ0v) is 40.6. The summed E-state index contributed by atoms with van der Waals surface area (Å²) in [4.78, 5) is 71.8. The number of carbonyl (C=O) groups is 5. The fraction of sp³-hybridized carbons (Fsp3) is 0.745. The zero-order chi connectivity index (χ0) is 48.2. The fourth-order valence-corrected chi connectivity index (χ4v) is 10.1. The zero-order valence-electron chi connectivity index (χ0n) is 40.6. The first-order valence-electron chi connectivity index (χ1n) is 23.9. The molecule has 0 aromatic carbocycles. The van der Waals surface area contributed by atoms with Crippen LogP contribution in [0.15, 0.2) is 47.6 Å². The van der Waals surface area contributed by atoms with Gasteiger partial charge in [-0.3, -0.25) is 19.2 Å². The van der Waals surface area contributed by atoms with E-state index in [9.17, 15) is 39.3 Å². The fourth-order valence-electron chi connectivity index (χ4n) is 10.1. The van der Waals surface area contributed by atoms with Crippen LogP contribution in [0.3, 0.4) is 0 Å². The van der Waals surface area contributed by atoms with E-state index in [1.54, 1.807) is 41.1 Å². The summed E-state index contributed by atoms with van der Waals surface area (Å²) in [5.74, 6) is -7.96. The van der Waals surface area contributed by atoms with Crippen molar-refractivity contribution in [1.82, 2.24) is 4.90 Å². The Hall–Kier alpha value is -3.37. The standard InChI is InChI=1S/C51H79NO13/c1-30-16-12-11-13-17-31(2)42(61-8)28-38-21-19-36(7)51(60,65-38)48(57)49(58)52-23-15-14-18-39(52)50(59)64-43(33(4)26-37-20-22-40(53)44(27-37)62-9)29-41(54)32(3)25-35(6)46(56)47(63-10)45(55)34(5)24-30/h11-13,16-17,25,30,32-34,36-40,42-44,46-47,53,56,60H,14-15,18-24,26-29H2,1-10H3/b13-11+,16-12+,31-17+,35-25+/t30-,32-,33-,34-,36-,37+,38+,39+,40?,42?,43?,44?,46?,47?,51?/m1/s1. The molecule has 0 spiro atoms. The van der Waals surface area contributed by atoms with Crippen LogP contribution in [0.25, 0.3) is 0 Å². The number of rotatable bonds is 6. The van der Waals surface area contributed by atoms with Crippen molar-refractivity contribution in [3.8, 4) is 0 Å². The number of aliphatic hydroxyl groups excluding tert-OH is 2. The van der Waals surface area contributed by atoms with Gasteiger partial charge in [0.2, 0.25) is 5.79 Å². The van der Waals surface area contributed by atoms with E-state index < -0.39 is 83.9 Å². The quantitative estimate of drug-likeness (QED) is 0.156. The molecule has 15 atom stereocenters. The van der Waals surface area contributed by atoms with E-state index in [-0.39, 0.29) is 54.8 Å². The van der Waals surface area contributed by atoms with Gasteiger partial charge in [0.05, 0.1) is 24.4 Å². The topological polar surface area (TPSA) is 195 Å². The molecule has 3 heterocycles. The Balaban J connectivity index is 1.70. The highest BCUT2D eigenvalue weighted by atomic mass is 16.6. The normalized spacial score (nSPS) is 40.4. The van der Waals surface area contributed by atoms with Gasteiger partial charge in [-0.1, -0.05) is 71.1 Å². The first-order valence-corrected chi connectivity index (χ1v) is 23.9. The summed E-state index contributed by atoms with van der Waals surface area (Å²) in [6.07, 6.45) is 11.2. The van der Waals surface area contributed by atoms with Gasteiger partial charge in [0, 0.05) is 58.5 Å². The SMILES string of the molecule is COC1C[C@@H]2CC[C@@H](C)C(O)(O2)C(=O)C(=O)N2CCCC[C@H]2C(=O)OC([C@H](C)C[C@@H]2CCC(O)C(OC)C2)CC(=O)[C@H](C)/C=C(\C)C(O)C(OC)C(=O)[C@H](C)C[C@H](C)/C=C/C=C/C=C/1C. The Morgan fingerprint density at radius 1 is 0.846 bits per heavy atom. The van der Waals surface area contributed by atoms with Gasteiger partial charge in [-0.05, 0) is 107 Å². The Morgan fingerprint density at radius 2 is 1.57 bits per heavy atom. The lowest BCUT2D eigenvalue weighted by Gasteiger charge is -2.42. The number of nitrogens with zero attached hydrogens (tertiary/aromatic N) is 1. The van der Waals surface area contributed by atoms with E-state index in [1.807, 2.05) is 58.1 Å². The first kappa shape index (κ1) is 54.2. The third kappa shape index (κ3) is 14.3. The molecule has 7 unspecified atom stereocenters. The molecule has 4 aliphatic rings. The third-order valence-corrected chi connectivity index (χ3v) is 14.5. The molecule has 0 aromatic rings. The largest absolute Gasteiger partial charge is 0.460 e. The minimum atomic E-state index is -2.43. The van der Waals surface area contributed by atoms with Crippen LogP contribution in [0.2, 0.25) is 0 Å². The Kier molecular flexibility index (Phi) is 21.0. The second-order valence-electron chi connectivity index (χ2n) is 19.6. The monoisotopic (exact) mass is 914 g/mol. The molecule has 1 aliphatic carbocycles. The van der Waals surface area contributed by atoms with Crippen molar-refractivity contribution < 1.29 is 63.0 Å². The number of carbonyl (C=O) groups excluding carboxylic acids is 5. The van der Waals surface area contributed by atoms with Gasteiger partial charge in [0.1, 0.15) is 30.1 Å². The lowest BCUT2D eigenvalue weighted by molar-refractivity contribution is -0.265. The van der Waals surface area contributed by atoms with E-state index in [2.05, 4.69) is 0 Å². The van der Waals surface area contributed by atoms with Crippen molar-refractivity contribution in [3.05, 3.63) is 47.6 Å². The Bertz CT molecular complexity index is 1760. The van der Waals surface area contributed by atoms with E-state index in [0.717, 1.165) is 12.0 Å². The first-order chi connectivity index (χ1) is 30.7. The lowest BCUT2D eigenvalue weighted by atomic mass is 9.78. The molecule has 2 bridgehead atoms. The highest BCUT2D eigenvalue weighted by Gasteiger charge is 2.53. The lowest BCUT2D eigenvalue weighted by Crippen LogP contribution is -2.61. The van der Waals surface area contributed by atoms with Crippen LogP contribution >= 0.6 is 0 Å². The van der Waals surface area contributed by atoms with E-state index in [1.165, 1.54) is 12.0 Å². The van der Waals surface area contributed by atoms with Crippen LogP contribution in [0.1, 0.15) is 126 Å². The summed E-state index contributed by atoms with van der Waals surface area (Å²) < 4.78 is 29.4. The van der Waals surface area contributed by atoms with Crippen molar-refractivity contribution in [1.29, 1.82) is 0 Å². The number of amides is 1. The maximum absolute atomic E-state index is 14.4. The highest BCUT2D eigenvalue weighted by Crippen LogP contribution is 2.38. The van der Waals surface area contributed by atoms with Gasteiger partial charge in [-0.25, -0.2) is 4.79 Å². The molecule has 366 valence electrons. The number of fused-ring (bicyclic) bond motifs is 3. The summed E-state index contributed by atoms with van der Waals surface area (Å²) in [5.41, 5.74) is 1.27. The van der Waals surface area contributed by atoms with Crippen molar-refractivity contribution in [2.75, 3.05) is 27.9 Å². The molecule has 3 fully saturated rings. The molecule has 4 rings (SSSR count). The van der Waals surface area contributed by atoms with Crippen LogP contribution in [-0.2, 0) is 47.7 Å². The van der Waals surface area contributed by atoms with Gasteiger partial charge in [0.15, 0.2) is 5.78 Å². The number of hydrogen-bond donors (Lipinski definition) is 3. The van der Waals surface area contributed by atoms with Gasteiger partial charge in [0.25, 0.3) is 11.7 Å². The molecule has 0 aromatic heterocycles. The molecular formula is C51H79NO13. The average Bonchev–Trinajstić information content (AvgIpc) is 3.28. The molecule has 2 saturated heterocycles. The van der Waals surface area contributed by atoms with Crippen LogP contribution in [-0.4, -0.2) is 132 Å². The number of esters is 1. The van der Waals surface area contributed by atoms with Crippen LogP contribution in [0.4, 0.5) is 0 Å². The van der Waals surface area contributed by atoms with Gasteiger partial charge >= 0.3 is 5.97 Å². The molecule has 1 amide bonds. The average molecular weight is 914 g/mol. The Morgan fingerprint density at radius 3 is 2.25 bits per heavy atom. The van der Waals surface area contributed by atoms with Crippen LogP contribution in [0, 0.1) is 35.5 Å². The maximum Gasteiger partial charge on any atom is 0.329 e. The van der Waals surface area contributed by atoms with E-state index >= 15 is 0 Å². The minimum absolute atomic E-state index is 0.0193. The number of allylic oxidation sites excluding steroid dienone is 6. The second-order valence-corrected chi connectivity index (χ2v) is 19.6.